The van der Waals surface area contributed by atoms with Gasteiger partial charge in [-0.2, -0.15) is 0 Å². The van der Waals surface area contributed by atoms with E-state index in [0.717, 1.165) is 10.4 Å². The van der Waals surface area contributed by atoms with E-state index in [1.165, 1.54) is 0 Å². The van der Waals surface area contributed by atoms with Crippen molar-refractivity contribution in [3.8, 4) is 12.3 Å². The number of terminal acetylenes is 1. The first-order valence-electron chi connectivity index (χ1n) is 9.63. The molecule has 0 aromatic heterocycles. The summed E-state index contributed by atoms with van der Waals surface area (Å²) in [6, 6.07) is 20.0. The molecule has 1 aliphatic heterocycles. The zero-order valence-electron chi connectivity index (χ0n) is 16.9. The molecule has 0 saturated carbocycles. The van der Waals surface area contributed by atoms with Gasteiger partial charge in [0.15, 0.2) is 11.9 Å². The molecular formula is C23H28O5Si. The first-order valence-corrected chi connectivity index (χ1v) is 11.5. The zero-order valence-corrected chi connectivity index (χ0v) is 17.9. The number of hydrogen-bond donors (Lipinski definition) is 3. The highest BCUT2D eigenvalue weighted by Gasteiger charge is 2.56. The van der Waals surface area contributed by atoms with Gasteiger partial charge in [0, 0.05) is 0 Å². The van der Waals surface area contributed by atoms with E-state index in [1.807, 2.05) is 36.4 Å². The van der Waals surface area contributed by atoms with Crippen LogP contribution >= 0.6 is 0 Å². The summed E-state index contributed by atoms with van der Waals surface area (Å²) in [5, 5.41) is 32.6. The van der Waals surface area contributed by atoms with Crippen molar-refractivity contribution in [3.63, 3.8) is 0 Å². The third-order valence-electron chi connectivity index (χ3n) is 5.61. The van der Waals surface area contributed by atoms with Gasteiger partial charge < -0.3 is 24.5 Å². The second-order valence-corrected chi connectivity index (χ2v) is 12.7. The van der Waals surface area contributed by atoms with Crippen molar-refractivity contribution in [2.45, 2.75) is 49.9 Å². The molecule has 0 spiro atoms. The number of rotatable bonds is 5. The lowest BCUT2D eigenvalue weighted by molar-refractivity contribution is -0.132. The SMILES string of the molecule is C#C[C@@]1(O)[C@@H](CO[Si](c2ccccc2)(c2ccccc2)C(C)(C)C)OC(O)[C@@H]1O. The Hall–Kier alpha value is -1.98. The molecule has 1 unspecified atom stereocenters. The van der Waals surface area contributed by atoms with E-state index in [9.17, 15) is 15.3 Å². The summed E-state index contributed by atoms with van der Waals surface area (Å²) >= 11 is 0. The molecule has 3 rings (SSSR count). The number of aliphatic hydroxyl groups excluding tert-OH is 2. The molecule has 2 aromatic carbocycles. The van der Waals surface area contributed by atoms with Crippen molar-refractivity contribution in [2.24, 2.45) is 0 Å². The standard InChI is InChI=1S/C23H28O5Si/c1-5-23(26)19(28-21(25)20(23)24)16-27-29(22(2,3)4,17-12-8-6-9-13-17)18-14-10-7-11-15-18/h1,6-15,19-21,24-26H,16H2,2-4H3/t19-,20+,21?,23-/m1/s1. The molecule has 29 heavy (non-hydrogen) atoms. The van der Waals surface area contributed by atoms with Gasteiger partial charge in [0.25, 0.3) is 8.32 Å². The van der Waals surface area contributed by atoms with Crippen LogP contribution in [0.4, 0.5) is 0 Å². The molecule has 0 amide bonds. The van der Waals surface area contributed by atoms with E-state index in [0.29, 0.717) is 0 Å². The van der Waals surface area contributed by atoms with Gasteiger partial charge in [-0.15, -0.1) is 6.42 Å². The molecule has 3 N–H and O–H groups in total. The van der Waals surface area contributed by atoms with Crippen LogP contribution in [0.5, 0.6) is 0 Å². The lowest BCUT2D eigenvalue weighted by Crippen LogP contribution is -2.67. The molecule has 1 saturated heterocycles. The summed E-state index contributed by atoms with van der Waals surface area (Å²) in [5.41, 5.74) is -2.02. The molecule has 2 aromatic rings. The predicted octanol–water partition coefficient (Wildman–Crippen LogP) is 1.01. The molecule has 0 radical (unpaired) electrons. The largest absolute Gasteiger partial charge is 0.405 e. The highest BCUT2D eigenvalue weighted by atomic mass is 28.4. The Kier molecular flexibility index (Phi) is 6.02. The van der Waals surface area contributed by atoms with Crippen molar-refractivity contribution in [1.29, 1.82) is 0 Å². The van der Waals surface area contributed by atoms with Crippen LogP contribution in [0, 0.1) is 12.3 Å². The van der Waals surface area contributed by atoms with Crippen LogP contribution in [0.25, 0.3) is 0 Å². The van der Waals surface area contributed by atoms with Crippen LogP contribution in [0.2, 0.25) is 5.04 Å². The summed E-state index contributed by atoms with van der Waals surface area (Å²) < 4.78 is 12.1. The van der Waals surface area contributed by atoms with Crippen LogP contribution in [0.3, 0.4) is 0 Å². The average molecular weight is 413 g/mol. The van der Waals surface area contributed by atoms with Gasteiger partial charge in [0.1, 0.15) is 12.2 Å². The maximum atomic E-state index is 10.7. The minimum absolute atomic E-state index is 0.0674. The number of aliphatic hydroxyl groups is 3. The van der Waals surface area contributed by atoms with Gasteiger partial charge in [-0.1, -0.05) is 87.4 Å². The Labute approximate surface area is 173 Å². The van der Waals surface area contributed by atoms with E-state index >= 15 is 0 Å². The molecule has 4 atom stereocenters. The molecular weight excluding hydrogens is 384 g/mol. The van der Waals surface area contributed by atoms with E-state index in [4.69, 9.17) is 15.6 Å². The van der Waals surface area contributed by atoms with E-state index in [2.05, 4.69) is 51.0 Å². The van der Waals surface area contributed by atoms with Crippen LogP contribution in [0.15, 0.2) is 60.7 Å². The van der Waals surface area contributed by atoms with Gasteiger partial charge in [0.05, 0.1) is 6.61 Å². The quantitative estimate of drug-likeness (QED) is 0.505. The maximum absolute atomic E-state index is 10.7. The van der Waals surface area contributed by atoms with Crippen molar-refractivity contribution in [3.05, 3.63) is 60.7 Å². The lowest BCUT2D eigenvalue weighted by atomic mass is 9.94. The highest BCUT2D eigenvalue weighted by Crippen LogP contribution is 2.38. The second kappa shape index (κ2) is 8.03. The third-order valence-corrected chi connectivity index (χ3v) is 10.6. The normalized spacial score (nSPS) is 27.6. The molecule has 0 bridgehead atoms. The van der Waals surface area contributed by atoms with Crippen LogP contribution in [-0.2, 0) is 9.16 Å². The predicted molar refractivity (Wildman–Crippen MR) is 114 cm³/mol. The Morgan fingerprint density at radius 2 is 1.52 bits per heavy atom. The van der Waals surface area contributed by atoms with Crippen molar-refractivity contribution >= 4 is 18.7 Å². The van der Waals surface area contributed by atoms with E-state index in [1.54, 1.807) is 0 Å². The first kappa shape index (κ1) is 21.7. The Bertz CT molecular complexity index is 819. The van der Waals surface area contributed by atoms with Gasteiger partial charge >= 0.3 is 0 Å². The van der Waals surface area contributed by atoms with Gasteiger partial charge in [-0.3, -0.25) is 0 Å². The first-order chi connectivity index (χ1) is 13.7. The van der Waals surface area contributed by atoms with Gasteiger partial charge in [-0.05, 0) is 15.4 Å². The Morgan fingerprint density at radius 1 is 1.03 bits per heavy atom. The topological polar surface area (TPSA) is 79.2 Å². The molecule has 0 aliphatic carbocycles. The summed E-state index contributed by atoms with van der Waals surface area (Å²) in [6.07, 6.45) is 1.24. The number of hydrogen-bond acceptors (Lipinski definition) is 5. The molecule has 154 valence electrons. The number of benzene rings is 2. The smallest absolute Gasteiger partial charge is 0.261 e. The monoisotopic (exact) mass is 412 g/mol. The minimum Gasteiger partial charge on any atom is -0.405 e. The van der Waals surface area contributed by atoms with Crippen molar-refractivity contribution in [1.82, 2.24) is 0 Å². The highest BCUT2D eigenvalue weighted by molar-refractivity contribution is 6.99. The fraction of sp³-hybridized carbons (Fsp3) is 0.391. The number of ether oxygens (including phenoxy) is 1. The fourth-order valence-corrected chi connectivity index (χ4v) is 8.62. The third kappa shape index (κ3) is 3.66. The average Bonchev–Trinajstić information content (AvgIpc) is 2.93. The molecule has 1 aliphatic rings. The van der Waals surface area contributed by atoms with Crippen molar-refractivity contribution in [2.75, 3.05) is 6.61 Å². The van der Waals surface area contributed by atoms with E-state index in [-0.39, 0.29) is 11.6 Å². The fourth-order valence-electron chi connectivity index (χ4n) is 4.06. The lowest BCUT2D eigenvalue weighted by Gasteiger charge is -2.44. The minimum atomic E-state index is -2.86. The van der Waals surface area contributed by atoms with Crippen LogP contribution in [-0.4, -0.2) is 54.3 Å². The molecule has 1 heterocycles. The summed E-state index contributed by atoms with van der Waals surface area (Å²) in [5.74, 6) is 2.18. The Balaban J connectivity index is 2.07. The second-order valence-electron chi connectivity index (χ2n) is 8.40. The Morgan fingerprint density at radius 3 is 1.93 bits per heavy atom. The maximum Gasteiger partial charge on any atom is 0.261 e. The van der Waals surface area contributed by atoms with Crippen LogP contribution < -0.4 is 10.4 Å². The zero-order chi connectivity index (χ0) is 21.3. The molecule has 5 nitrogen and oxygen atoms in total. The van der Waals surface area contributed by atoms with Crippen molar-refractivity contribution < 1.29 is 24.5 Å². The molecule has 6 heteroatoms. The van der Waals surface area contributed by atoms with Crippen LogP contribution in [0.1, 0.15) is 20.8 Å². The van der Waals surface area contributed by atoms with E-state index < -0.39 is 32.4 Å². The summed E-state index contributed by atoms with van der Waals surface area (Å²) in [6.45, 7) is 6.32. The van der Waals surface area contributed by atoms with Gasteiger partial charge in [0.2, 0.25) is 0 Å². The molecule has 1 fully saturated rings. The van der Waals surface area contributed by atoms with Gasteiger partial charge in [-0.25, -0.2) is 0 Å². The summed E-state index contributed by atoms with van der Waals surface area (Å²) in [4.78, 5) is 0. The summed E-state index contributed by atoms with van der Waals surface area (Å²) in [7, 11) is -2.86.